The van der Waals surface area contributed by atoms with Crippen LogP contribution in [0, 0.1) is 16.0 Å². The van der Waals surface area contributed by atoms with Crippen molar-refractivity contribution in [2.24, 2.45) is 11.7 Å². The van der Waals surface area contributed by atoms with E-state index in [9.17, 15) is 18.5 Å². The molecule has 0 aromatic heterocycles. The van der Waals surface area contributed by atoms with E-state index in [1.54, 1.807) is 0 Å². The molecule has 2 atom stereocenters. The predicted molar refractivity (Wildman–Crippen MR) is 83.2 cm³/mol. The summed E-state index contributed by atoms with van der Waals surface area (Å²) in [6.07, 6.45) is 1.45. The van der Waals surface area contributed by atoms with Crippen LogP contribution in [0.1, 0.15) is 19.8 Å². The minimum atomic E-state index is -3.82. The number of nitrogens with two attached hydrogens (primary N) is 1. The summed E-state index contributed by atoms with van der Waals surface area (Å²) in [5, 5.41) is 10.6. The number of rotatable bonds is 4. The van der Waals surface area contributed by atoms with Crippen LogP contribution in [-0.2, 0) is 10.0 Å². The maximum atomic E-state index is 12.8. The van der Waals surface area contributed by atoms with Crippen molar-refractivity contribution in [1.82, 2.24) is 4.31 Å². The molecule has 0 spiro atoms. The lowest BCUT2D eigenvalue weighted by Gasteiger charge is -2.36. The summed E-state index contributed by atoms with van der Waals surface area (Å²) in [6, 6.07) is 3.10. The lowest BCUT2D eigenvalue weighted by atomic mass is 9.94. The molecule has 0 amide bonds. The summed E-state index contributed by atoms with van der Waals surface area (Å²) in [5.74, 6) is 0.410. The molecule has 0 aliphatic carbocycles. The predicted octanol–water partition coefficient (Wildman–Crippen LogP) is 2.00. The van der Waals surface area contributed by atoms with Gasteiger partial charge in [0.05, 0.1) is 9.95 Å². The molecular weight excluding hydrogens is 330 g/mol. The molecule has 0 saturated carbocycles. The Labute approximate surface area is 134 Å². The lowest BCUT2D eigenvalue weighted by Crippen LogP contribution is -2.49. The van der Waals surface area contributed by atoms with Gasteiger partial charge in [-0.2, -0.15) is 4.31 Å². The zero-order valence-electron chi connectivity index (χ0n) is 12.1. The molecule has 122 valence electrons. The molecule has 2 unspecified atom stereocenters. The van der Waals surface area contributed by atoms with E-state index in [0.29, 0.717) is 18.9 Å². The molecule has 1 heterocycles. The first-order valence-corrected chi connectivity index (χ1v) is 8.75. The van der Waals surface area contributed by atoms with Gasteiger partial charge >= 0.3 is 0 Å². The molecule has 1 aliphatic rings. The minimum absolute atomic E-state index is 0.118. The SMILES string of the molecule is CC1CCN(S(=O)(=O)c2ccc([N+](=O)[O-])cc2Cl)C(CN)C1. The highest BCUT2D eigenvalue weighted by atomic mass is 35.5. The first-order valence-electron chi connectivity index (χ1n) is 6.93. The molecule has 0 bridgehead atoms. The maximum absolute atomic E-state index is 12.8. The zero-order valence-corrected chi connectivity index (χ0v) is 13.7. The number of sulfonamides is 1. The van der Waals surface area contributed by atoms with Crippen molar-refractivity contribution in [1.29, 1.82) is 0 Å². The molecule has 9 heteroatoms. The molecule has 22 heavy (non-hydrogen) atoms. The largest absolute Gasteiger partial charge is 0.329 e. The average Bonchev–Trinajstić information content (AvgIpc) is 2.46. The Morgan fingerprint density at radius 1 is 1.50 bits per heavy atom. The number of nitrogens with zero attached hydrogens (tertiary/aromatic N) is 2. The third-order valence-electron chi connectivity index (χ3n) is 3.91. The zero-order chi connectivity index (χ0) is 16.5. The molecule has 2 rings (SSSR count). The normalized spacial score (nSPS) is 23.4. The number of piperidine rings is 1. The van der Waals surface area contributed by atoms with Crippen molar-refractivity contribution in [3.63, 3.8) is 0 Å². The van der Waals surface area contributed by atoms with E-state index in [2.05, 4.69) is 6.92 Å². The minimum Gasteiger partial charge on any atom is -0.329 e. The number of halogens is 1. The quantitative estimate of drug-likeness (QED) is 0.662. The van der Waals surface area contributed by atoms with Crippen LogP contribution in [0.3, 0.4) is 0 Å². The second-order valence-corrected chi connectivity index (χ2v) is 7.77. The Hall–Kier alpha value is -1.22. The second kappa shape index (κ2) is 6.49. The Kier molecular flexibility index (Phi) is 5.06. The van der Waals surface area contributed by atoms with Crippen LogP contribution in [0.4, 0.5) is 5.69 Å². The third-order valence-corrected chi connectivity index (χ3v) is 6.34. The van der Waals surface area contributed by atoms with Crippen LogP contribution in [0.5, 0.6) is 0 Å². The van der Waals surface area contributed by atoms with Crippen LogP contribution in [0.25, 0.3) is 0 Å². The van der Waals surface area contributed by atoms with Crippen molar-refractivity contribution in [2.75, 3.05) is 13.1 Å². The van der Waals surface area contributed by atoms with Gasteiger partial charge in [-0.05, 0) is 24.8 Å². The number of nitro groups is 1. The molecule has 1 fully saturated rings. The summed E-state index contributed by atoms with van der Waals surface area (Å²) in [7, 11) is -3.82. The molecule has 1 aromatic rings. The van der Waals surface area contributed by atoms with E-state index in [0.717, 1.165) is 18.6 Å². The summed E-state index contributed by atoms with van der Waals surface area (Å²) in [4.78, 5) is 9.99. The monoisotopic (exact) mass is 347 g/mol. The van der Waals surface area contributed by atoms with Gasteiger partial charge in [-0.25, -0.2) is 8.42 Å². The van der Waals surface area contributed by atoms with Crippen molar-refractivity contribution in [2.45, 2.75) is 30.7 Å². The van der Waals surface area contributed by atoms with Crippen LogP contribution in [0.2, 0.25) is 5.02 Å². The summed E-state index contributed by atoms with van der Waals surface area (Å²) in [6.45, 7) is 2.67. The molecule has 1 aromatic carbocycles. The lowest BCUT2D eigenvalue weighted by molar-refractivity contribution is -0.384. The van der Waals surface area contributed by atoms with E-state index in [1.165, 1.54) is 10.4 Å². The fraction of sp³-hybridized carbons (Fsp3) is 0.538. The van der Waals surface area contributed by atoms with Crippen LogP contribution in [0.15, 0.2) is 23.1 Å². The van der Waals surface area contributed by atoms with Crippen molar-refractivity contribution < 1.29 is 13.3 Å². The van der Waals surface area contributed by atoms with E-state index in [4.69, 9.17) is 17.3 Å². The number of non-ortho nitro benzene ring substituents is 1. The number of hydrogen-bond acceptors (Lipinski definition) is 5. The Morgan fingerprint density at radius 3 is 2.73 bits per heavy atom. The van der Waals surface area contributed by atoms with Crippen molar-refractivity contribution >= 4 is 27.3 Å². The molecular formula is C13H18ClN3O4S. The topological polar surface area (TPSA) is 107 Å². The highest BCUT2D eigenvalue weighted by Crippen LogP contribution is 2.32. The Bertz CT molecular complexity index is 680. The fourth-order valence-electron chi connectivity index (χ4n) is 2.70. The molecule has 7 nitrogen and oxygen atoms in total. The molecule has 0 radical (unpaired) electrons. The van der Waals surface area contributed by atoms with E-state index in [1.807, 2.05) is 0 Å². The van der Waals surface area contributed by atoms with Gasteiger partial charge in [0.25, 0.3) is 5.69 Å². The number of nitro benzene ring substituents is 1. The van der Waals surface area contributed by atoms with Gasteiger partial charge in [0.2, 0.25) is 10.0 Å². The maximum Gasteiger partial charge on any atom is 0.271 e. The van der Waals surface area contributed by atoms with Crippen LogP contribution in [-0.4, -0.2) is 36.8 Å². The Balaban J connectivity index is 2.39. The molecule has 1 aliphatic heterocycles. The van der Waals surface area contributed by atoms with Gasteiger partial charge < -0.3 is 5.73 Å². The van der Waals surface area contributed by atoms with E-state index < -0.39 is 14.9 Å². The van der Waals surface area contributed by atoms with E-state index in [-0.39, 0.29) is 28.2 Å². The van der Waals surface area contributed by atoms with Crippen LogP contribution >= 0.6 is 11.6 Å². The first kappa shape index (κ1) is 17.1. The second-order valence-electron chi connectivity index (χ2n) is 5.51. The summed E-state index contributed by atoms with van der Waals surface area (Å²) >= 11 is 5.96. The van der Waals surface area contributed by atoms with Gasteiger partial charge in [0.15, 0.2) is 0 Å². The molecule has 1 saturated heterocycles. The van der Waals surface area contributed by atoms with E-state index >= 15 is 0 Å². The first-order chi connectivity index (χ1) is 10.3. The smallest absolute Gasteiger partial charge is 0.271 e. The third kappa shape index (κ3) is 3.24. The van der Waals surface area contributed by atoms with Gasteiger partial charge in [0, 0.05) is 31.3 Å². The fourth-order valence-corrected chi connectivity index (χ4v) is 4.87. The van der Waals surface area contributed by atoms with Crippen LogP contribution < -0.4 is 5.73 Å². The van der Waals surface area contributed by atoms with Gasteiger partial charge in [-0.1, -0.05) is 18.5 Å². The number of hydrogen-bond donors (Lipinski definition) is 1. The highest BCUT2D eigenvalue weighted by Gasteiger charge is 2.36. The summed E-state index contributed by atoms with van der Waals surface area (Å²) in [5.41, 5.74) is 5.46. The average molecular weight is 348 g/mol. The van der Waals surface area contributed by atoms with Gasteiger partial charge in [-0.15, -0.1) is 0 Å². The van der Waals surface area contributed by atoms with Gasteiger partial charge in [-0.3, -0.25) is 10.1 Å². The highest BCUT2D eigenvalue weighted by molar-refractivity contribution is 7.89. The van der Waals surface area contributed by atoms with Gasteiger partial charge in [0.1, 0.15) is 4.90 Å². The number of benzene rings is 1. The molecule has 2 N–H and O–H groups in total. The van der Waals surface area contributed by atoms with Crippen molar-refractivity contribution in [3.05, 3.63) is 33.3 Å². The van der Waals surface area contributed by atoms with Crippen molar-refractivity contribution in [3.8, 4) is 0 Å². The standard InChI is InChI=1S/C13H18ClN3O4S/c1-9-4-5-16(11(6-9)8-15)22(20,21)13-3-2-10(17(18)19)7-12(13)14/h2-3,7,9,11H,4-6,8,15H2,1H3. The Morgan fingerprint density at radius 2 is 2.18 bits per heavy atom. The summed E-state index contributed by atoms with van der Waals surface area (Å²) < 4.78 is 26.9.